The normalized spacial score (nSPS) is 13.8. The van der Waals surface area contributed by atoms with Gasteiger partial charge in [0.05, 0.1) is 16.9 Å². The van der Waals surface area contributed by atoms with Gasteiger partial charge in [-0.1, -0.05) is 12.1 Å². The number of aromatic amines is 1. The molecule has 122 valence electrons. The van der Waals surface area contributed by atoms with Crippen LogP contribution in [-0.2, 0) is 12.8 Å². The van der Waals surface area contributed by atoms with Gasteiger partial charge in [-0.05, 0) is 51.2 Å². The van der Waals surface area contributed by atoms with Crippen molar-refractivity contribution in [2.45, 2.75) is 39.5 Å². The van der Waals surface area contributed by atoms with Crippen LogP contribution >= 0.6 is 0 Å². The van der Waals surface area contributed by atoms with Crippen molar-refractivity contribution in [2.24, 2.45) is 0 Å². The Kier molecular flexibility index (Phi) is 3.52. The maximum atomic E-state index is 12.2. The molecule has 6 nitrogen and oxygen atoms in total. The van der Waals surface area contributed by atoms with E-state index in [2.05, 4.69) is 25.3 Å². The first-order valence-corrected chi connectivity index (χ1v) is 8.24. The number of nitrogens with one attached hydrogen (secondary N) is 2. The van der Waals surface area contributed by atoms with E-state index < -0.39 is 0 Å². The number of nitrogens with zero attached hydrogens (tertiary/aromatic N) is 3. The molecule has 0 fully saturated rings. The summed E-state index contributed by atoms with van der Waals surface area (Å²) in [5, 5.41) is 4.08. The third-order valence-electron chi connectivity index (χ3n) is 4.46. The lowest BCUT2D eigenvalue weighted by Crippen LogP contribution is -2.22. The highest BCUT2D eigenvalue weighted by Crippen LogP contribution is 2.21. The van der Waals surface area contributed by atoms with Crippen molar-refractivity contribution in [1.29, 1.82) is 0 Å². The van der Waals surface area contributed by atoms with Crippen LogP contribution in [0.2, 0.25) is 0 Å². The van der Waals surface area contributed by atoms with E-state index in [1.165, 1.54) is 0 Å². The standard InChI is InChI=1S/C18H19N5O/c1-10-7-8-12-11(2)19-17(21-15(12)9-10)23-18-20-14-6-4-3-5-13(14)16(24)22-18/h7-9H,3-6H2,1-2H3,(H2,19,20,21,22,23,24). The van der Waals surface area contributed by atoms with E-state index in [9.17, 15) is 4.79 Å². The summed E-state index contributed by atoms with van der Waals surface area (Å²) in [6.07, 6.45) is 3.79. The summed E-state index contributed by atoms with van der Waals surface area (Å²) < 4.78 is 0. The predicted molar refractivity (Wildman–Crippen MR) is 93.8 cm³/mol. The van der Waals surface area contributed by atoms with Gasteiger partial charge in [0.25, 0.3) is 5.56 Å². The molecular weight excluding hydrogens is 302 g/mol. The average molecular weight is 321 g/mol. The summed E-state index contributed by atoms with van der Waals surface area (Å²) in [6, 6.07) is 6.11. The number of fused-ring (bicyclic) bond motifs is 2. The van der Waals surface area contributed by atoms with Crippen LogP contribution in [0, 0.1) is 13.8 Å². The smallest absolute Gasteiger partial charge is 0.255 e. The summed E-state index contributed by atoms with van der Waals surface area (Å²) >= 11 is 0. The molecular formula is C18H19N5O. The Morgan fingerprint density at radius 3 is 2.79 bits per heavy atom. The van der Waals surface area contributed by atoms with Crippen molar-refractivity contribution in [3.8, 4) is 0 Å². The Hall–Kier alpha value is -2.76. The van der Waals surface area contributed by atoms with Gasteiger partial charge in [0.2, 0.25) is 11.9 Å². The SMILES string of the molecule is Cc1ccc2c(C)nc(Nc3nc4c(c(=O)[nH]3)CCCC4)nc2c1. The fourth-order valence-electron chi connectivity index (χ4n) is 3.22. The van der Waals surface area contributed by atoms with Gasteiger partial charge in [-0.3, -0.25) is 15.1 Å². The minimum absolute atomic E-state index is 0.0597. The first-order chi connectivity index (χ1) is 11.6. The molecule has 0 saturated heterocycles. The zero-order chi connectivity index (χ0) is 16.7. The van der Waals surface area contributed by atoms with E-state index in [0.717, 1.165) is 59.1 Å². The molecule has 2 N–H and O–H groups in total. The maximum Gasteiger partial charge on any atom is 0.255 e. The summed E-state index contributed by atoms with van der Waals surface area (Å²) in [6.45, 7) is 3.99. The number of H-pyrrole nitrogens is 1. The Morgan fingerprint density at radius 1 is 1.08 bits per heavy atom. The predicted octanol–water partition coefficient (Wildman–Crippen LogP) is 2.95. The second kappa shape index (κ2) is 5.70. The van der Waals surface area contributed by atoms with Crippen LogP contribution in [0.1, 0.15) is 35.4 Å². The maximum absolute atomic E-state index is 12.2. The molecule has 2 heterocycles. The van der Waals surface area contributed by atoms with Gasteiger partial charge in [-0.2, -0.15) is 0 Å². The molecule has 0 atom stereocenters. The van der Waals surface area contributed by atoms with Crippen molar-refractivity contribution in [2.75, 3.05) is 5.32 Å². The molecule has 0 saturated carbocycles. The van der Waals surface area contributed by atoms with Gasteiger partial charge in [0, 0.05) is 10.9 Å². The van der Waals surface area contributed by atoms with E-state index in [-0.39, 0.29) is 5.56 Å². The third-order valence-corrected chi connectivity index (χ3v) is 4.46. The van der Waals surface area contributed by atoms with Crippen LogP contribution in [-0.4, -0.2) is 19.9 Å². The number of hydrogen-bond acceptors (Lipinski definition) is 5. The quantitative estimate of drug-likeness (QED) is 0.758. The minimum Gasteiger partial charge on any atom is -0.294 e. The number of rotatable bonds is 2. The van der Waals surface area contributed by atoms with Gasteiger partial charge >= 0.3 is 0 Å². The zero-order valence-corrected chi connectivity index (χ0v) is 13.8. The topological polar surface area (TPSA) is 83.6 Å². The molecule has 0 unspecified atom stereocenters. The van der Waals surface area contributed by atoms with E-state index in [0.29, 0.717) is 11.9 Å². The summed E-state index contributed by atoms with van der Waals surface area (Å²) in [4.78, 5) is 28.6. The molecule has 0 bridgehead atoms. The highest BCUT2D eigenvalue weighted by Gasteiger charge is 2.16. The van der Waals surface area contributed by atoms with Crippen molar-refractivity contribution < 1.29 is 0 Å². The second-order valence-electron chi connectivity index (χ2n) is 6.33. The van der Waals surface area contributed by atoms with Crippen molar-refractivity contribution in [3.05, 3.63) is 51.1 Å². The first-order valence-electron chi connectivity index (χ1n) is 8.24. The summed E-state index contributed by atoms with van der Waals surface area (Å²) in [7, 11) is 0. The average Bonchev–Trinajstić information content (AvgIpc) is 2.54. The lowest BCUT2D eigenvalue weighted by Gasteiger charge is -2.15. The molecule has 1 aromatic carbocycles. The number of aromatic nitrogens is 4. The molecule has 3 aromatic rings. The summed E-state index contributed by atoms with van der Waals surface area (Å²) in [5.41, 5.74) is 4.56. The lowest BCUT2D eigenvalue weighted by atomic mass is 9.97. The zero-order valence-electron chi connectivity index (χ0n) is 13.8. The molecule has 1 aliphatic rings. The molecule has 0 amide bonds. The Labute approximate surface area is 139 Å². The second-order valence-corrected chi connectivity index (χ2v) is 6.33. The van der Waals surface area contributed by atoms with Crippen LogP contribution in [0.3, 0.4) is 0 Å². The first kappa shape index (κ1) is 14.8. The molecule has 6 heteroatoms. The van der Waals surface area contributed by atoms with Crippen LogP contribution in [0.5, 0.6) is 0 Å². The van der Waals surface area contributed by atoms with Gasteiger partial charge in [-0.25, -0.2) is 15.0 Å². The van der Waals surface area contributed by atoms with E-state index in [1.54, 1.807) is 0 Å². The van der Waals surface area contributed by atoms with E-state index in [1.807, 2.05) is 32.0 Å². The van der Waals surface area contributed by atoms with Crippen LogP contribution in [0.25, 0.3) is 10.9 Å². The largest absolute Gasteiger partial charge is 0.294 e. The molecule has 2 aromatic heterocycles. The highest BCUT2D eigenvalue weighted by molar-refractivity contribution is 5.82. The molecule has 24 heavy (non-hydrogen) atoms. The minimum atomic E-state index is -0.0597. The van der Waals surface area contributed by atoms with Crippen molar-refractivity contribution in [3.63, 3.8) is 0 Å². The van der Waals surface area contributed by atoms with Crippen LogP contribution in [0.15, 0.2) is 23.0 Å². The molecule has 0 spiro atoms. The number of aryl methyl sites for hydroxylation is 3. The van der Waals surface area contributed by atoms with E-state index in [4.69, 9.17) is 0 Å². The van der Waals surface area contributed by atoms with Gasteiger partial charge in [-0.15, -0.1) is 0 Å². The Morgan fingerprint density at radius 2 is 1.92 bits per heavy atom. The number of benzene rings is 1. The highest BCUT2D eigenvalue weighted by atomic mass is 16.1. The fraction of sp³-hybridized carbons (Fsp3) is 0.333. The molecule has 0 aliphatic heterocycles. The molecule has 4 rings (SSSR count). The Balaban J connectivity index is 1.74. The molecule has 1 aliphatic carbocycles. The number of hydrogen-bond donors (Lipinski definition) is 2. The molecule has 0 radical (unpaired) electrons. The lowest BCUT2D eigenvalue weighted by molar-refractivity contribution is 0.657. The van der Waals surface area contributed by atoms with Crippen molar-refractivity contribution in [1.82, 2.24) is 19.9 Å². The number of anilines is 2. The van der Waals surface area contributed by atoms with Crippen LogP contribution in [0.4, 0.5) is 11.9 Å². The van der Waals surface area contributed by atoms with Gasteiger partial charge in [0.1, 0.15) is 0 Å². The summed E-state index contributed by atoms with van der Waals surface area (Å²) in [5.74, 6) is 0.858. The van der Waals surface area contributed by atoms with Crippen LogP contribution < -0.4 is 10.9 Å². The fourth-order valence-corrected chi connectivity index (χ4v) is 3.22. The van der Waals surface area contributed by atoms with E-state index >= 15 is 0 Å². The monoisotopic (exact) mass is 321 g/mol. The van der Waals surface area contributed by atoms with Gasteiger partial charge < -0.3 is 0 Å². The third kappa shape index (κ3) is 2.64. The van der Waals surface area contributed by atoms with Crippen molar-refractivity contribution >= 4 is 22.8 Å². The Bertz CT molecular complexity index is 993. The van der Waals surface area contributed by atoms with Gasteiger partial charge in [0.15, 0.2) is 0 Å².